The molecule has 2 aromatic rings. The van der Waals surface area contributed by atoms with Crippen molar-refractivity contribution in [1.82, 2.24) is 4.98 Å². The van der Waals surface area contributed by atoms with Gasteiger partial charge in [-0.1, -0.05) is 0 Å². The Kier molecular flexibility index (Phi) is 4.27. The van der Waals surface area contributed by atoms with E-state index in [4.69, 9.17) is 9.84 Å². The highest BCUT2D eigenvalue weighted by Crippen LogP contribution is 2.28. The van der Waals surface area contributed by atoms with E-state index >= 15 is 0 Å². The van der Waals surface area contributed by atoms with Crippen molar-refractivity contribution >= 4 is 0 Å². The number of nitrogens with zero attached hydrogens (tertiary/aromatic N) is 1. The lowest BCUT2D eigenvalue weighted by atomic mass is 10.3. The molecule has 1 aromatic carbocycles. The van der Waals surface area contributed by atoms with Crippen LogP contribution >= 0.6 is 0 Å². The average Bonchev–Trinajstić information content (AvgIpc) is 2.41. The molecule has 0 aliphatic heterocycles. The van der Waals surface area contributed by atoms with Crippen LogP contribution in [0.2, 0.25) is 0 Å². The molecule has 8 heteroatoms. The summed E-state index contributed by atoms with van der Waals surface area (Å²) in [6.07, 6.45) is -3.87. The number of halogens is 4. The fourth-order valence-electron chi connectivity index (χ4n) is 1.49. The highest BCUT2D eigenvalue weighted by atomic mass is 19.4. The fraction of sp³-hybridized carbons (Fsp3) is 0.154. The van der Waals surface area contributed by atoms with Crippen molar-refractivity contribution in [2.45, 2.75) is 13.0 Å². The summed E-state index contributed by atoms with van der Waals surface area (Å²) >= 11 is 0. The van der Waals surface area contributed by atoms with Crippen molar-refractivity contribution < 1.29 is 32.1 Å². The molecule has 0 unspecified atom stereocenters. The second kappa shape index (κ2) is 5.96. The van der Waals surface area contributed by atoms with E-state index in [0.717, 1.165) is 24.4 Å². The first-order valence-corrected chi connectivity index (χ1v) is 5.66. The molecular weight excluding hydrogens is 294 g/mol. The second-order valence-corrected chi connectivity index (χ2v) is 3.90. The van der Waals surface area contributed by atoms with Crippen molar-refractivity contribution in [2.75, 3.05) is 0 Å². The molecule has 21 heavy (non-hydrogen) atoms. The minimum Gasteiger partial charge on any atom is -0.439 e. The van der Waals surface area contributed by atoms with Crippen molar-refractivity contribution in [3.63, 3.8) is 0 Å². The van der Waals surface area contributed by atoms with E-state index in [1.165, 1.54) is 12.1 Å². The van der Waals surface area contributed by atoms with Crippen LogP contribution in [0.4, 0.5) is 17.6 Å². The molecule has 0 atom stereocenters. The van der Waals surface area contributed by atoms with Crippen LogP contribution in [-0.2, 0) is 6.61 Å². The van der Waals surface area contributed by atoms with Crippen LogP contribution < -0.4 is 9.47 Å². The normalized spacial score (nSPS) is 11.3. The van der Waals surface area contributed by atoms with Gasteiger partial charge in [-0.15, -0.1) is 13.2 Å². The molecule has 0 fully saturated rings. The Balaban J connectivity index is 2.14. The number of hydrogen-bond acceptors (Lipinski definition) is 4. The third kappa shape index (κ3) is 4.32. The number of hydrogen-bond donors (Lipinski definition) is 1. The van der Waals surface area contributed by atoms with E-state index in [-0.39, 0.29) is 17.2 Å². The summed E-state index contributed by atoms with van der Waals surface area (Å²) in [5, 5.41) is 9.06. The Hall–Kier alpha value is -2.35. The Morgan fingerprint density at radius 2 is 1.71 bits per heavy atom. The van der Waals surface area contributed by atoms with Gasteiger partial charge in [0.05, 0.1) is 12.8 Å². The lowest BCUT2D eigenvalue weighted by Gasteiger charge is -2.11. The molecule has 4 nitrogen and oxygen atoms in total. The number of ether oxygens (including phenoxy) is 2. The second-order valence-electron chi connectivity index (χ2n) is 3.90. The van der Waals surface area contributed by atoms with Crippen LogP contribution in [0.1, 0.15) is 5.56 Å². The zero-order valence-corrected chi connectivity index (χ0v) is 10.4. The number of aliphatic hydroxyl groups is 1. The molecule has 1 N–H and O–H groups in total. The van der Waals surface area contributed by atoms with Gasteiger partial charge in [-0.05, 0) is 30.3 Å². The van der Waals surface area contributed by atoms with Crippen molar-refractivity contribution in [2.24, 2.45) is 0 Å². The van der Waals surface area contributed by atoms with Crippen LogP contribution in [0.25, 0.3) is 0 Å². The van der Waals surface area contributed by atoms with Gasteiger partial charge in [0.1, 0.15) is 17.3 Å². The molecule has 112 valence electrons. The number of rotatable bonds is 4. The van der Waals surface area contributed by atoms with Crippen LogP contribution in [0.5, 0.6) is 17.4 Å². The smallest absolute Gasteiger partial charge is 0.439 e. The Labute approximate surface area is 116 Å². The van der Waals surface area contributed by atoms with Gasteiger partial charge < -0.3 is 14.6 Å². The minimum absolute atomic E-state index is 0.0385. The average molecular weight is 303 g/mol. The lowest BCUT2D eigenvalue weighted by molar-refractivity contribution is -0.274. The van der Waals surface area contributed by atoms with Crippen LogP contribution in [0, 0.1) is 5.82 Å². The topological polar surface area (TPSA) is 51.6 Å². The van der Waals surface area contributed by atoms with E-state index in [9.17, 15) is 17.6 Å². The molecule has 1 heterocycles. The predicted octanol–water partition coefficient (Wildman–Crippen LogP) is 3.40. The van der Waals surface area contributed by atoms with Crippen LogP contribution in [0.15, 0.2) is 36.5 Å². The van der Waals surface area contributed by atoms with E-state index in [1.54, 1.807) is 0 Å². The molecular formula is C13H9F4NO3. The van der Waals surface area contributed by atoms with Gasteiger partial charge in [-0.3, -0.25) is 0 Å². The zero-order chi connectivity index (χ0) is 15.5. The zero-order valence-electron chi connectivity index (χ0n) is 10.4. The maximum atomic E-state index is 12.9. The van der Waals surface area contributed by atoms with E-state index in [2.05, 4.69) is 9.72 Å². The van der Waals surface area contributed by atoms with Gasteiger partial charge in [0.25, 0.3) is 0 Å². The molecule has 0 saturated carbocycles. The number of aliphatic hydroxyl groups excluding tert-OH is 1. The fourth-order valence-corrected chi connectivity index (χ4v) is 1.49. The molecule has 0 spiro atoms. The van der Waals surface area contributed by atoms with Gasteiger partial charge in [0, 0.05) is 5.56 Å². The van der Waals surface area contributed by atoms with Crippen LogP contribution in [-0.4, -0.2) is 16.5 Å². The molecule has 0 aliphatic carbocycles. The number of alkyl halides is 3. The Bertz CT molecular complexity index is 614. The summed E-state index contributed by atoms with van der Waals surface area (Å²) in [7, 11) is 0. The third-order valence-electron chi connectivity index (χ3n) is 2.33. The SMILES string of the molecule is OCc1cc(F)cnc1Oc1ccc(OC(F)(F)F)cc1. The highest BCUT2D eigenvalue weighted by Gasteiger charge is 2.30. The summed E-state index contributed by atoms with van der Waals surface area (Å²) in [5.74, 6) is -0.911. The van der Waals surface area contributed by atoms with Gasteiger partial charge >= 0.3 is 6.36 Å². The summed E-state index contributed by atoms with van der Waals surface area (Å²) < 4.78 is 57.9. The molecule has 0 amide bonds. The molecule has 0 saturated heterocycles. The Morgan fingerprint density at radius 3 is 2.29 bits per heavy atom. The van der Waals surface area contributed by atoms with E-state index in [0.29, 0.717) is 0 Å². The minimum atomic E-state index is -4.77. The van der Waals surface area contributed by atoms with Crippen molar-refractivity contribution in [3.8, 4) is 17.4 Å². The van der Waals surface area contributed by atoms with Gasteiger partial charge in [0.15, 0.2) is 0 Å². The molecule has 0 aliphatic rings. The number of pyridine rings is 1. The molecule has 1 aromatic heterocycles. The molecule has 0 radical (unpaired) electrons. The number of aromatic nitrogens is 1. The van der Waals surface area contributed by atoms with Gasteiger partial charge in [0.2, 0.25) is 5.88 Å². The maximum absolute atomic E-state index is 12.9. The first-order valence-electron chi connectivity index (χ1n) is 5.66. The summed E-state index contributed by atoms with van der Waals surface area (Å²) in [5.41, 5.74) is 0.116. The summed E-state index contributed by atoms with van der Waals surface area (Å²) in [6.45, 7) is -0.491. The highest BCUT2D eigenvalue weighted by molar-refractivity contribution is 5.35. The number of benzene rings is 1. The molecule has 2 rings (SSSR count). The monoisotopic (exact) mass is 303 g/mol. The first-order chi connectivity index (χ1) is 9.87. The van der Waals surface area contributed by atoms with E-state index in [1.807, 2.05) is 0 Å². The third-order valence-corrected chi connectivity index (χ3v) is 2.33. The lowest BCUT2D eigenvalue weighted by Crippen LogP contribution is -2.16. The van der Waals surface area contributed by atoms with Gasteiger partial charge in [-0.25, -0.2) is 9.37 Å². The first kappa shape index (κ1) is 15.0. The van der Waals surface area contributed by atoms with Crippen molar-refractivity contribution in [1.29, 1.82) is 0 Å². The van der Waals surface area contributed by atoms with Crippen molar-refractivity contribution in [3.05, 3.63) is 47.9 Å². The Morgan fingerprint density at radius 1 is 1.10 bits per heavy atom. The largest absolute Gasteiger partial charge is 0.573 e. The standard InChI is InChI=1S/C13H9F4NO3/c14-9-5-8(7-19)12(18-6-9)20-10-1-3-11(4-2-10)21-13(15,16)17/h1-6,19H,7H2. The summed E-state index contributed by atoms with van der Waals surface area (Å²) in [6, 6.07) is 5.62. The predicted molar refractivity (Wildman–Crippen MR) is 63.3 cm³/mol. The van der Waals surface area contributed by atoms with Crippen LogP contribution in [0.3, 0.4) is 0 Å². The maximum Gasteiger partial charge on any atom is 0.573 e. The van der Waals surface area contributed by atoms with Gasteiger partial charge in [-0.2, -0.15) is 0 Å². The van der Waals surface area contributed by atoms with E-state index < -0.39 is 24.5 Å². The quantitative estimate of drug-likeness (QED) is 0.880. The summed E-state index contributed by atoms with van der Waals surface area (Å²) in [4.78, 5) is 3.66. The molecule has 0 bridgehead atoms.